The fraction of sp³-hybridized carbons (Fsp3) is 0.636. The fourth-order valence-electron chi connectivity index (χ4n) is 2.34. The Balaban J connectivity index is 2.33. The second-order valence-corrected chi connectivity index (χ2v) is 4.65. The van der Waals surface area contributed by atoms with E-state index in [4.69, 9.17) is 0 Å². The average Bonchev–Trinajstić information content (AvgIpc) is 2.65. The summed E-state index contributed by atoms with van der Waals surface area (Å²) in [5.41, 5.74) is -0.682. The zero-order valence-electron chi connectivity index (χ0n) is 9.49. The highest BCUT2D eigenvalue weighted by molar-refractivity contribution is 5.81. The van der Waals surface area contributed by atoms with Crippen molar-refractivity contribution in [3.05, 3.63) is 18.0 Å². The molecule has 2 rings (SSSR count). The molecule has 6 heteroatoms. The van der Waals surface area contributed by atoms with E-state index in [0.717, 1.165) is 0 Å². The lowest BCUT2D eigenvalue weighted by atomic mass is 9.69. The van der Waals surface area contributed by atoms with Crippen LogP contribution in [-0.4, -0.2) is 26.8 Å². The van der Waals surface area contributed by atoms with Gasteiger partial charge in [0.25, 0.3) is 0 Å². The topological polar surface area (TPSA) is 55.1 Å². The van der Waals surface area contributed by atoms with Crippen molar-refractivity contribution in [3.8, 4) is 0 Å². The van der Waals surface area contributed by atoms with E-state index in [-0.39, 0.29) is 25.7 Å². The van der Waals surface area contributed by atoms with Gasteiger partial charge in [0.2, 0.25) is 5.92 Å². The molecule has 1 aliphatic rings. The van der Waals surface area contributed by atoms with E-state index >= 15 is 0 Å². The van der Waals surface area contributed by atoms with Crippen LogP contribution in [0.25, 0.3) is 0 Å². The van der Waals surface area contributed by atoms with Gasteiger partial charge >= 0.3 is 5.97 Å². The summed E-state index contributed by atoms with van der Waals surface area (Å²) in [6.07, 6.45) is 2.21. The minimum absolute atomic E-state index is 0.0406. The molecule has 1 aromatic rings. The first-order valence-corrected chi connectivity index (χ1v) is 5.46. The second kappa shape index (κ2) is 3.78. The summed E-state index contributed by atoms with van der Waals surface area (Å²) >= 11 is 0. The third-order valence-electron chi connectivity index (χ3n) is 3.50. The third-order valence-corrected chi connectivity index (χ3v) is 3.50. The lowest BCUT2D eigenvalue weighted by molar-refractivity contribution is -0.149. The van der Waals surface area contributed by atoms with Gasteiger partial charge < -0.3 is 5.11 Å². The van der Waals surface area contributed by atoms with Gasteiger partial charge in [-0.1, -0.05) is 0 Å². The number of alkyl halides is 2. The van der Waals surface area contributed by atoms with Crippen molar-refractivity contribution < 1.29 is 18.7 Å². The normalized spacial score (nSPS) is 22.3. The van der Waals surface area contributed by atoms with E-state index in [2.05, 4.69) is 5.10 Å². The summed E-state index contributed by atoms with van der Waals surface area (Å²) in [6, 6.07) is 0. The van der Waals surface area contributed by atoms with Crippen molar-refractivity contribution in [2.45, 2.75) is 37.0 Å². The van der Waals surface area contributed by atoms with E-state index in [1.54, 1.807) is 13.2 Å². The van der Waals surface area contributed by atoms with Gasteiger partial charge in [-0.2, -0.15) is 5.10 Å². The molecule has 1 saturated carbocycles. The molecule has 0 spiro atoms. The summed E-state index contributed by atoms with van der Waals surface area (Å²) < 4.78 is 27.7. The number of rotatable bonds is 2. The first-order valence-electron chi connectivity index (χ1n) is 5.46. The summed E-state index contributed by atoms with van der Waals surface area (Å²) in [7, 11) is 1.68. The van der Waals surface area contributed by atoms with Crippen LogP contribution in [0.3, 0.4) is 0 Å². The van der Waals surface area contributed by atoms with Gasteiger partial charge in [0, 0.05) is 31.6 Å². The van der Waals surface area contributed by atoms with Crippen molar-refractivity contribution in [2.75, 3.05) is 0 Å². The van der Waals surface area contributed by atoms with Crippen LogP contribution in [0.2, 0.25) is 0 Å². The van der Waals surface area contributed by atoms with Gasteiger partial charge in [0.05, 0.1) is 11.6 Å². The summed E-state index contributed by atoms with van der Waals surface area (Å²) in [6.45, 7) is 0. The summed E-state index contributed by atoms with van der Waals surface area (Å²) in [5, 5.41) is 13.3. The Bertz CT molecular complexity index is 432. The van der Waals surface area contributed by atoms with Crippen LogP contribution < -0.4 is 0 Å². The highest BCUT2D eigenvalue weighted by atomic mass is 19.3. The molecule has 0 radical (unpaired) electrons. The number of nitrogens with zero attached hydrogens (tertiary/aromatic N) is 2. The Morgan fingerprint density at radius 3 is 2.41 bits per heavy atom. The molecule has 1 N–H and O–H groups in total. The van der Waals surface area contributed by atoms with Crippen LogP contribution in [0.1, 0.15) is 31.2 Å². The van der Waals surface area contributed by atoms with Crippen LogP contribution >= 0.6 is 0 Å². The molecule has 4 nitrogen and oxygen atoms in total. The Kier molecular flexibility index (Phi) is 2.67. The van der Waals surface area contributed by atoms with Crippen LogP contribution in [0.15, 0.2) is 12.4 Å². The van der Waals surface area contributed by atoms with Crippen molar-refractivity contribution in [3.63, 3.8) is 0 Å². The SMILES string of the molecule is Cn1cc(C2(C(=O)O)CCC(F)(F)CC2)cn1. The molecule has 0 bridgehead atoms. The quantitative estimate of drug-likeness (QED) is 0.865. The minimum Gasteiger partial charge on any atom is -0.481 e. The number of aryl methyl sites for hydroxylation is 1. The van der Waals surface area contributed by atoms with Gasteiger partial charge in [-0.3, -0.25) is 9.48 Å². The molecule has 1 fully saturated rings. The number of aromatic nitrogens is 2. The first kappa shape index (κ1) is 12.0. The molecule has 94 valence electrons. The molecule has 0 atom stereocenters. The smallest absolute Gasteiger partial charge is 0.314 e. The Labute approximate surface area is 97.2 Å². The molecule has 0 aromatic carbocycles. The monoisotopic (exact) mass is 244 g/mol. The second-order valence-electron chi connectivity index (χ2n) is 4.65. The van der Waals surface area contributed by atoms with Crippen LogP contribution in [0.4, 0.5) is 8.78 Å². The van der Waals surface area contributed by atoms with Gasteiger partial charge in [-0.15, -0.1) is 0 Å². The van der Waals surface area contributed by atoms with Crippen molar-refractivity contribution in [1.82, 2.24) is 9.78 Å². The Morgan fingerprint density at radius 1 is 1.41 bits per heavy atom. The van der Waals surface area contributed by atoms with Crippen LogP contribution in [-0.2, 0) is 17.3 Å². The van der Waals surface area contributed by atoms with Crippen molar-refractivity contribution in [1.29, 1.82) is 0 Å². The van der Waals surface area contributed by atoms with E-state index < -0.39 is 17.3 Å². The van der Waals surface area contributed by atoms with Crippen LogP contribution in [0.5, 0.6) is 0 Å². The maximum atomic E-state index is 13.1. The number of carboxylic acid groups (broad SMARTS) is 1. The number of hydrogen-bond donors (Lipinski definition) is 1. The molecule has 0 amide bonds. The summed E-state index contributed by atoms with van der Waals surface area (Å²) in [5.74, 6) is -3.78. The molecule has 0 unspecified atom stereocenters. The van der Waals surface area contributed by atoms with Crippen LogP contribution in [0, 0.1) is 0 Å². The standard InChI is InChI=1S/C11H14F2N2O2/c1-15-7-8(6-14-15)10(9(16)17)2-4-11(12,13)5-3-10/h6-7H,2-5H2,1H3,(H,16,17). The molecule has 1 aliphatic carbocycles. The molecular formula is C11H14F2N2O2. The van der Waals surface area contributed by atoms with E-state index in [9.17, 15) is 18.7 Å². The number of carbonyl (C=O) groups is 1. The van der Waals surface area contributed by atoms with Gasteiger partial charge in [-0.05, 0) is 12.8 Å². The zero-order valence-corrected chi connectivity index (χ0v) is 9.49. The van der Waals surface area contributed by atoms with Crippen molar-refractivity contribution in [2.24, 2.45) is 7.05 Å². The number of carboxylic acids is 1. The molecular weight excluding hydrogens is 230 g/mol. The molecule has 1 aromatic heterocycles. The third kappa shape index (κ3) is 2.03. The number of aliphatic carboxylic acids is 1. The highest BCUT2D eigenvalue weighted by Crippen LogP contribution is 2.45. The predicted molar refractivity (Wildman–Crippen MR) is 55.9 cm³/mol. The van der Waals surface area contributed by atoms with E-state index in [1.807, 2.05) is 0 Å². The predicted octanol–water partition coefficient (Wildman–Crippen LogP) is 1.95. The Morgan fingerprint density at radius 2 is 2.00 bits per heavy atom. The van der Waals surface area contributed by atoms with E-state index in [1.165, 1.54) is 10.9 Å². The zero-order chi connectivity index (χ0) is 12.7. The van der Waals surface area contributed by atoms with Gasteiger partial charge in [-0.25, -0.2) is 8.78 Å². The number of hydrogen-bond acceptors (Lipinski definition) is 2. The van der Waals surface area contributed by atoms with E-state index in [0.29, 0.717) is 5.56 Å². The molecule has 0 saturated heterocycles. The highest BCUT2D eigenvalue weighted by Gasteiger charge is 2.49. The van der Waals surface area contributed by atoms with Gasteiger partial charge in [0.1, 0.15) is 0 Å². The largest absolute Gasteiger partial charge is 0.481 e. The maximum Gasteiger partial charge on any atom is 0.314 e. The number of halogens is 2. The lowest BCUT2D eigenvalue weighted by Gasteiger charge is -2.36. The average molecular weight is 244 g/mol. The Hall–Kier alpha value is -1.46. The molecule has 17 heavy (non-hydrogen) atoms. The first-order chi connectivity index (χ1) is 7.86. The maximum absolute atomic E-state index is 13.1. The van der Waals surface area contributed by atoms with Crippen molar-refractivity contribution >= 4 is 5.97 Å². The summed E-state index contributed by atoms with van der Waals surface area (Å²) in [4.78, 5) is 11.4. The van der Waals surface area contributed by atoms with Gasteiger partial charge in [0.15, 0.2) is 0 Å². The molecule has 1 heterocycles. The fourth-order valence-corrected chi connectivity index (χ4v) is 2.34. The minimum atomic E-state index is -2.73. The lowest BCUT2D eigenvalue weighted by Crippen LogP contribution is -2.42. The molecule has 0 aliphatic heterocycles.